The Labute approximate surface area is 131 Å². The molecule has 106 valence electrons. The number of nitriles is 1. The van der Waals surface area contributed by atoms with Crippen LogP contribution in [0.1, 0.15) is 12.5 Å². The van der Waals surface area contributed by atoms with Gasteiger partial charge in [-0.3, -0.25) is 4.79 Å². The minimum atomic E-state index is -0.367. The highest BCUT2D eigenvalue weighted by molar-refractivity contribution is 14.1. The minimum absolute atomic E-state index is 0.0268. The molecule has 1 rings (SSSR count). The summed E-state index contributed by atoms with van der Waals surface area (Å²) in [6.45, 7) is 2.23. The Balaban J connectivity index is 3.26. The number of likely N-dealkylation sites (N-methyl/N-ethyl adjacent to an activating group) is 1. The average molecular weight is 386 g/mol. The summed E-state index contributed by atoms with van der Waals surface area (Å²) in [7, 11) is 3.17. The van der Waals surface area contributed by atoms with Gasteiger partial charge in [0.25, 0.3) is 5.91 Å². The molecule has 0 saturated carbocycles. The number of amides is 1. The fourth-order valence-corrected chi connectivity index (χ4v) is 2.12. The zero-order chi connectivity index (χ0) is 15.3. The average Bonchev–Trinajstić information content (AvgIpc) is 2.40. The Bertz CT molecular complexity index is 589. The summed E-state index contributed by atoms with van der Waals surface area (Å²) in [5.74, 6) is 0.0239. The van der Waals surface area contributed by atoms with Gasteiger partial charge in [-0.1, -0.05) is 0 Å². The summed E-state index contributed by atoms with van der Waals surface area (Å²) in [6.07, 6.45) is 1.48. The number of benzene rings is 1. The summed E-state index contributed by atoms with van der Waals surface area (Å²) in [5, 5.41) is 18.9. The second-order valence-corrected chi connectivity index (χ2v) is 5.31. The maximum atomic E-state index is 11.8. The van der Waals surface area contributed by atoms with Gasteiger partial charge in [0, 0.05) is 14.1 Å². The van der Waals surface area contributed by atoms with E-state index in [2.05, 4.69) is 0 Å². The fourth-order valence-electron chi connectivity index (χ4n) is 1.49. The van der Waals surface area contributed by atoms with Gasteiger partial charge in [-0.2, -0.15) is 5.26 Å². The van der Waals surface area contributed by atoms with E-state index in [1.54, 1.807) is 26.2 Å². The number of nitrogens with zero attached hydrogens (tertiary/aromatic N) is 2. The Kier molecular flexibility index (Phi) is 5.82. The van der Waals surface area contributed by atoms with Crippen molar-refractivity contribution < 1.29 is 14.6 Å². The van der Waals surface area contributed by atoms with E-state index in [-0.39, 0.29) is 17.2 Å². The molecule has 0 aliphatic heterocycles. The number of halogens is 1. The van der Waals surface area contributed by atoms with Crippen LogP contribution in [0.15, 0.2) is 17.7 Å². The van der Waals surface area contributed by atoms with E-state index in [1.165, 1.54) is 11.0 Å². The lowest BCUT2D eigenvalue weighted by molar-refractivity contribution is -0.124. The van der Waals surface area contributed by atoms with Crippen molar-refractivity contribution in [2.45, 2.75) is 6.92 Å². The molecule has 20 heavy (non-hydrogen) atoms. The summed E-state index contributed by atoms with van der Waals surface area (Å²) in [4.78, 5) is 13.1. The van der Waals surface area contributed by atoms with Crippen molar-refractivity contribution in [3.05, 3.63) is 26.8 Å². The van der Waals surface area contributed by atoms with Crippen LogP contribution in [0.2, 0.25) is 0 Å². The molecule has 5 nitrogen and oxygen atoms in total. The summed E-state index contributed by atoms with van der Waals surface area (Å²) >= 11 is 1.97. The SMILES string of the molecule is CCOc1cc(/C=C(/C#N)C(=O)N(C)C)cc(I)c1O. The first kappa shape index (κ1) is 16.3. The van der Waals surface area contributed by atoms with Crippen LogP contribution < -0.4 is 4.74 Å². The number of phenolic OH excluding ortho intramolecular Hbond substituents is 1. The maximum Gasteiger partial charge on any atom is 0.264 e. The van der Waals surface area contributed by atoms with Gasteiger partial charge in [-0.15, -0.1) is 0 Å². The predicted octanol–water partition coefficient (Wildman–Crippen LogP) is 2.39. The molecule has 0 aliphatic rings. The van der Waals surface area contributed by atoms with Crippen molar-refractivity contribution >= 4 is 34.6 Å². The number of hydrogen-bond acceptors (Lipinski definition) is 4. The normalized spacial score (nSPS) is 10.8. The molecule has 1 aromatic rings. The van der Waals surface area contributed by atoms with Gasteiger partial charge in [-0.25, -0.2) is 0 Å². The highest BCUT2D eigenvalue weighted by atomic mass is 127. The molecule has 1 N–H and O–H groups in total. The van der Waals surface area contributed by atoms with E-state index in [1.807, 2.05) is 35.6 Å². The Hall–Kier alpha value is -1.75. The third-order valence-corrected chi connectivity index (χ3v) is 3.24. The molecule has 0 bridgehead atoms. The first-order chi connectivity index (χ1) is 9.40. The molecule has 0 aromatic heterocycles. The molecule has 6 heteroatoms. The predicted molar refractivity (Wildman–Crippen MR) is 84.3 cm³/mol. The molecule has 0 unspecified atom stereocenters. The molecule has 0 fully saturated rings. The third-order valence-electron chi connectivity index (χ3n) is 2.42. The molecule has 0 aliphatic carbocycles. The van der Waals surface area contributed by atoms with Crippen molar-refractivity contribution in [1.29, 1.82) is 5.26 Å². The Morgan fingerprint density at radius 3 is 2.70 bits per heavy atom. The number of rotatable bonds is 4. The number of hydrogen-bond donors (Lipinski definition) is 1. The van der Waals surface area contributed by atoms with E-state index < -0.39 is 0 Å². The summed E-state index contributed by atoms with van der Waals surface area (Å²) in [5.41, 5.74) is 0.654. The van der Waals surface area contributed by atoms with Crippen molar-refractivity contribution in [3.8, 4) is 17.6 Å². The van der Waals surface area contributed by atoms with E-state index in [4.69, 9.17) is 10.00 Å². The number of aromatic hydroxyl groups is 1. The highest BCUT2D eigenvalue weighted by Crippen LogP contribution is 2.33. The molecule has 1 aromatic carbocycles. The number of phenols is 1. The number of carbonyl (C=O) groups excluding carboxylic acids is 1. The van der Waals surface area contributed by atoms with Crippen LogP contribution in [0.3, 0.4) is 0 Å². The lowest BCUT2D eigenvalue weighted by Crippen LogP contribution is -2.22. The van der Waals surface area contributed by atoms with Crippen molar-refractivity contribution in [2.24, 2.45) is 0 Å². The third kappa shape index (κ3) is 3.87. The zero-order valence-corrected chi connectivity index (χ0v) is 13.6. The summed E-state index contributed by atoms with van der Waals surface area (Å²) < 4.78 is 5.91. The van der Waals surface area contributed by atoms with Crippen LogP contribution >= 0.6 is 22.6 Å². The molecule has 0 saturated heterocycles. The van der Waals surface area contributed by atoms with Crippen LogP contribution in [0.5, 0.6) is 11.5 Å². The van der Waals surface area contributed by atoms with Gasteiger partial charge in [0.2, 0.25) is 0 Å². The summed E-state index contributed by atoms with van der Waals surface area (Å²) in [6, 6.07) is 5.16. The quantitative estimate of drug-likeness (QED) is 0.490. The lowest BCUT2D eigenvalue weighted by atomic mass is 10.1. The second-order valence-electron chi connectivity index (χ2n) is 4.15. The Morgan fingerprint density at radius 1 is 1.55 bits per heavy atom. The molecule has 0 atom stereocenters. The zero-order valence-electron chi connectivity index (χ0n) is 11.5. The van der Waals surface area contributed by atoms with Gasteiger partial charge in [-0.05, 0) is 53.3 Å². The van der Waals surface area contributed by atoms with E-state index in [0.29, 0.717) is 21.5 Å². The van der Waals surface area contributed by atoms with E-state index >= 15 is 0 Å². The van der Waals surface area contributed by atoms with Crippen molar-refractivity contribution in [3.63, 3.8) is 0 Å². The number of carbonyl (C=O) groups is 1. The van der Waals surface area contributed by atoms with Crippen LogP contribution in [0.25, 0.3) is 6.08 Å². The molecule has 1 amide bonds. The molecule has 0 spiro atoms. The van der Waals surface area contributed by atoms with Crippen LogP contribution in [0, 0.1) is 14.9 Å². The minimum Gasteiger partial charge on any atom is -0.504 e. The van der Waals surface area contributed by atoms with Gasteiger partial charge in [0.15, 0.2) is 11.5 Å². The first-order valence-corrected chi connectivity index (χ1v) is 6.97. The molecule has 0 heterocycles. The van der Waals surface area contributed by atoms with Crippen LogP contribution in [-0.4, -0.2) is 36.6 Å². The molecular formula is C14H15IN2O3. The maximum absolute atomic E-state index is 11.8. The second kappa shape index (κ2) is 7.14. The standard InChI is InChI=1S/C14H15IN2O3/c1-4-20-12-7-9(6-11(15)13(12)18)5-10(8-16)14(19)17(2)3/h5-7,18H,4H2,1-3H3/b10-5-. The van der Waals surface area contributed by atoms with E-state index in [0.717, 1.165) is 0 Å². The van der Waals surface area contributed by atoms with Gasteiger partial charge in [0.05, 0.1) is 10.2 Å². The van der Waals surface area contributed by atoms with Gasteiger partial charge in [0.1, 0.15) is 11.6 Å². The smallest absolute Gasteiger partial charge is 0.264 e. The molecular weight excluding hydrogens is 371 g/mol. The lowest BCUT2D eigenvalue weighted by Gasteiger charge is -2.10. The fraction of sp³-hybridized carbons (Fsp3) is 0.286. The number of ether oxygens (including phenoxy) is 1. The van der Waals surface area contributed by atoms with Crippen LogP contribution in [-0.2, 0) is 4.79 Å². The molecule has 0 radical (unpaired) electrons. The van der Waals surface area contributed by atoms with E-state index in [9.17, 15) is 9.90 Å². The van der Waals surface area contributed by atoms with Crippen LogP contribution in [0.4, 0.5) is 0 Å². The highest BCUT2D eigenvalue weighted by Gasteiger charge is 2.13. The topological polar surface area (TPSA) is 73.6 Å². The monoisotopic (exact) mass is 386 g/mol. The largest absolute Gasteiger partial charge is 0.504 e. The van der Waals surface area contributed by atoms with Crippen molar-refractivity contribution in [2.75, 3.05) is 20.7 Å². The van der Waals surface area contributed by atoms with Gasteiger partial charge >= 0.3 is 0 Å². The van der Waals surface area contributed by atoms with Gasteiger partial charge < -0.3 is 14.7 Å². The van der Waals surface area contributed by atoms with Crippen molar-refractivity contribution in [1.82, 2.24) is 4.90 Å². The Morgan fingerprint density at radius 2 is 2.20 bits per heavy atom. The first-order valence-electron chi connectivity index (χ1n) is 5.89.